The Hall–Kier alpha value is -4.14. The van der Waals surface area contributed by atoms with Crippen molar-refractivity contribution in [1.29, 1.82) is 0 Å². The lowest BCUT2D eigenvalue weighted by Gasteiger charge is -2.03. The van der Waals surface area contributed by atoms with Crippen LogP contribution in [0.1, 0.15) is 37.1 Å². The molecule has 0 aliphatic carbocycles. The third-order valence-electron chi connectivity index (χ3n) is 5.85. The number of rotatable bonds is 9. The van der Waals surface area contributed by atoms with E-state index < -0.39 is 4.92 Å². The van der Waals surface area contributed by atoms with Crippen LogP contribution >= 0.6 is 0 Å². The highest BCUT2D eigenvalue weighted by Crippen LogP contribution is 2.24. The van der Waals surface area contributed by atoms with Crippen molar-refractivity contribution in [2.24, 2.45) is 4.99 Å². The Bertz CT molecular complexity index is 1410. The van der Waals surface area contributed by atoms with Gasteiger partial charge in [-0.25, -0.2) is 4.68 Å². The number of non-ortho nitro benzene ring substituents is 1. The standard InChI is InChI=1S/C25H27N5O4/c1-4-5-23-24(25(31)29(28-23)18-6-8-19(9-7-18)30(32)33)16(2)26-13-12-17-15-27-22-11-10-20(34-3)14-21(17)22/h6-11,14-15,27-28H,4-5,12-13H2,1-3H3. The lowest BCUT2D eigenvalue weighted by atomic mass is 10.1. The van der Waals surface area contributed by atoms with Crippen molar-refractivity contribution in [2.45, 2.75) is 33.1 Å². The number of aromatic nitrogens is 3. The van der Waals surface area contributed by atoms with E-state index >= 15 is 0 Å². The maximum absolute atomic E-state index is 13.3. The van der Waals surface area contributed by atoms with Crippen molar-refractivity contribution in [3.63, 3.8) is 0 Å². The lowest BCUT2D eigenvalue weighted by molar-refractivity contribution is -0.384. The molecule has 34 heavy (non-hydrogen) atoms. The molecule has 0 aliphatic rings. The predicted molar refractivity (Wildman–Crippen MR) is 133 cm³/mol. The van der Waals surface area contributed by atoms with Crippen LogP contribution < -0.4 is 10.3 Å². The number of aliphatic imine (C=N–C) groups is 1. The Balaban J connectivity index is 1.60. The molecule has 4 rings (SSSR count). The van der Waals surface area contributed by atoms with E-state index in [0.29, 0.717) is 36.3 Å². The molecule has 0 fully saturated rings. The second-order valence-electron chi connectivity index (χ2n) is 8.07. The summed E-state index contributed by atoms with van der Waals surface area (Å²) >= 11 is 0. The Labute approximate surface area is 196 Å². The number of hydrogen-bond donors (Lipinski definition) is 2. The lowest BCUT2D eigenvalue weighted by Crippen LogP contribution is -2.20. The van der Waals surface area contributed by atoms with Crippen LogP contribution in [-0.2, 0) is 12.8 Å². The summed E-state index contributed by atoms with van der Waals surface area (Å²) in [5.74, 6) is 0.802. The number of nitro groups is 1. The number of aryl methyl sites for hydroxylation is 1. The predicted octanol–water partition coefficient (Wildman–Crippen LogP) is 4.57. The molecule has 2 aromatic carbocycles. The average Bonchev–Trinajstić information content (AvgIpc) is 3.39. The van der Waals surface area contributed by atoms with E-state index in [9.17, 15) is 14.9 Å². The van der Waals surface area contributed by atoms with Crippen LogP contribution in [0, 0.1) is 10.1 Å². The zero-order valence-corrected chi connectivity index (χ0v) is 19.4. The smallest absolute Gasteiger partial charge is 0.280 e. The highest BCUT2D eigenvalue weighted by Gasteiger charge is 2.18. The number of hydrogen-bond acceptors (Lipinski definition) is 5. The third kappa shape index (κ3) is 4.50. The maximum Gasteiger partial charge on any atom is 0.280 e. The molecular weight excluding hydrogens is 434 g/mol. The van der Waals surface area contributed by atoms with Gasteiger partial charge in [0.1, 0.15) is 5.75 Å². The number of ether oxygens (including phenoxy) is 1. The molecule has 0 unspecified atom stereocenters. The molecule has 0 spiro atoms. The van der Waals surface area contributed by atoms with E-state index in [0.717, 1.165) is 34.3 Å². The monoisotopic (exact) mass is 461 g/mol. The first-order valence-electron chi connectivity index (χ1n) is 11.2. The number of methoxy groups -OCH3 is 1. The second-order valence-corrected chi connectivity index (χ2v) is 8.07. The number of benzene rings is 2. The van der Waals surface area contributed by atoms with Gasteiger partial charge in [-0.1, -0.05) is 13.3 Å². The molecule has 9 heteroatoms. The minimum absolute atomic E-state index is 0.0231. The fourth-order valence-corrected chi connectivity index (χ4v) is 4.11. The van der Waals surface area contributed by atoms with Gasteiger partial charge in [-0.05, 0) is 55.7 Å². The molecule has 0 saturated heterocycles. The van der Waals surface area contributed by atoms with Crippen LogP contribution in [0.15, 0.2) is 58.4 Å². The van der Waals surface area contributed by atoms with E-state index in [2.05, 4.69) is 10.1 Å². The van der Waals surface area contributed by atoms with E-state index in [1.54, 1.807) is 19.2 Å². The van der Waals surface area contributed by atoms with Gasteiger partial charge in [-0.15, -0.1) is 0 Å². The summed E-state index contributed by atoms with van der Waals surface area (Å²) < 4.78 is 6.76. The number of fused-ring (bicyclic) bond motifs is 1. The third-order valence-corrected chi connectivity index (χ3v) is 5.85. The van der Waals surface area contributed by atoms with Crippen molar-refractivity contribution in [1.82, 2.24) is 14.8 Å². The van der Waals surface area contributed by atoms with E-state index in [4.69, 9.17) is 9.73 Å². The number of nitrogens with zero attached hydrogens (tertiary/aromatic N) is 3. The Morgan fingerprint density at radius 2 is 1.94 bits per heavy atom. The molecule has 4 aromatic rings. The molecule has 2 heterocycles. The van der Waals surface area contributed by atoms with Crippen LogP contribution in [0.4, 0.5) is 5.69 Å². The van der Waals surface area contributed by atoms with Gasteiger partial charge in [-0.2, -0.15) is 0 Å². The number of aromatic amines is 2. The van der Waals surface area contributed by atoms with Crippen LogP contribution in [0.25, 0.3) is 16.6 Å². The van der Waals surface area contributed by atoms with Crippen LogP contribution in [-0.4, -0.2) is 39.1 Å². The minimum Gasteiger partial charge on any atom is -0.497 e. The number of nitro benzene ring substituents is 1. The van der Waals surface area contributed by atoms with Gasteiger partial charge in [0.15, 0.2) is 0 Å². The van der Waals surface area contributed by atoms with Gasteiger partial charge in [0.05, 0.1) is 23.3 Å². The summed E-state index contributed by atoms with van der Waals surface area (Å²) in [6, 6.07) is 11.8. The molecule has 0 radical (unpaired) electrons. The number of nitrogens with one attached hydrogen (secondary N) is 2. The summed E-state index contributed by atoms with van der Waals surface area (Å²) in [7, 11) is 1.65. The summed E-state index contributed by atoms with van der Waals surface area (Å²) in [4.78, 5) is 31.7. The molecule has 0 amide bonds. The van der Waals surface area contributed by atoms with Gasteiger partial charge in [0, 0.05) is 47.2 Å². The first-order valence-corrected chi connectivity index (χ1v) is 11.2. The van der Waals surface area contributed by atoms with E-state index in [1.165, 1.54) is 16.8 Å². The topological polar surface area (TPSA) is 118 Å². The largest absolute Gasteiger partial charge is 0.497 e. The molecule has 176 valence electrons. The van der Waals surface area contributed by atoms with E-state index in [-0.39, 0.29) is 11.2 Å². The van der Waals surface area contributed by atoms with Crippen LogP contribution in [0.5, 0.6) is 5.75 Å². The number of H-pyrrole nitrogens is 2. The highest BCUT2D eigenvalue weighted by molar-refractivity contribution is 5.99. The average molecular weight is 462 g/mol. The first kappa shape index (κ1) is 23.0. The van der Waals surface area contributed by atoms with Gasteiger partial charge in [0.25, 0.3) is 11.2 Å². The minimum atomic E-state index is -0.463. The SMILES string of the molecule is CCCc1[nH]n(-c2ccc([N+](=O)[O-])cc2)c(=O)c1C(C)=NCCc1c[nH]c2ccc(OC)cc12. The molecular formula is C25H27N5O4. The van der Waals surface area contributed by atoms with Crippen LogP contribution in [0.2, 0.25) is 0 Å². The van der Waals surface area contributed by atoms with Crippen molar-refractivity contribution >= 4 is 22.3 Å². The van der Waals surface area contributed by atoms with E-state index in [1.807, 2.05) is 38.2 Å². The molecule has 2 aromatic heterocycles. The van der Waals surface area contributed by atoms with Gasteiger partial charge in [-0.3, -0.25) is 25.0 Å². The zero-order valence-electron chi connectivity index (χ0n) is 19.4. The summed E-state index contributed by atoms with van der Waals surface area (Å²) in [6.45, 7) is 4.43. The summed E-state index contributed by atoms with van der Waals surface area (Å²) in [5.41, 5.74) is 4.52. The summed E-state index contributed by atoms with van der Waals surface area (Å²) in [6.07, 6.45) is 4.25. The van der Waals surface area contributed by atoms with Crippen LogP contribution in [0.3, 0.4) is 0 Å². The molecule has 0 atom stereocenters. The van der Waals surface area contributed by atoms with Gasteiger partial charge < -0.3 is 9.72 Å². The molecule has 0 aliphatic heterocycles. The highest BCUT2D eigenvalue weighted by atomic mass is 16.6. The normalized spacial score (nSPS) is 11.8. The van der Waals surface area contributed by atoms with Crippen molar-refractivity contribution < 1.29 is 9.66 Å². The quantitative estimate of drug-likeness (QED) is 0.216. The molecule has 0 saturated carbocycles. The maximum atomic E-state index is 13.3. The van der Waals surface area contributed by atoms with Crippen molar-refractivity contribution in [3.05, 3.63) is 86.0 Å². The first-order chi connectivity index (χ1) is 16.4. The second kappa shape index (κ2) is 9.78. The Kier molecular flexibility index (Phi) is 6.62. The Morgan fingerprint density at radius 1 is 1.18 bits per heavy atom. The molecule has 0 bridgehead atoms. The van der Waals surface area contributed by atoms with Gasteiger partial charge >= 0.3 is 0 Å². The zero-order chi connectivity index (χ0) is 24.2. The fraction of sp³-hybridized carbons (Fsp3) is 0.280. The fourth-order valence-electron chi connectivity index (χ4n) is 4.11. The summed E-state index contributed by atoms with van der Waals surface area (Å²) in [5, 5.41) is 15.2. The van der Waals surface area contributed by atoms with Gasteiger partial charge in [0.2, 0.25) is 0 Å². The van der Waals surface area contributed by atoms with Crippen molar-refractivity contribution in [2.75, 3.05) is 13.7 Å². The molecule has 2 N–H and O–H groups in total. The Morgan fingerprint density at radius 3 is 2.62 bits per heavy atom. The van der Waals surface area contributed by atoms with Crippen molar-refractivity contribution in [3.8, 4) is 11.4 Å². The molecule has 9 nitrogen and oxygen atoms in total.